The molecule has 0 amide bonds. The van der Waals surface area contributed by atoms with E-state index in [9.17, 15) is 0 Å². The zero-order valence-electron chi connectivity index (χ0n) is 11.5. The summed E-state index contributed by atoms with van der Waals surface area (Å²) in [6.07, 6.45) is 0. The van der Waals surface area contributed by atoms with Crippen LogP contribution in [-0.4, -0.2) is 9.36 Å². The number of pyridine rings is 1. The highest BCUT2D eigenvalue weighted by molar-refractivity contribution is 7.13. The molecule has 2 aromatic rings. The first-order valence-electron chi connectivity index (χ1n) is 6.19. The van der Waals surface area contributed by atoms with Crippen molar-refractivity contribution in [2.24, 2.45) is 0 Å². The van der Waals surface area contributed by atoms with Crippen molar-refractivity contribution in [3.63, 3.8) is 0 Å². The molecule has 0 aliphatic rings. The number of hydrogen-bond acceptors (Lipinski definition) is 3. The van der Waals surface area contributed by atoms with Gasteiger partial charge in [0.15, 0.2) is 0 Å². The molecule has 0 N–H and O–H groups in total. The predicted octanol–water partition coefficient (Wildman–Crippen LogP) is 4.55. The Bertz CT molecular complexity index is 553. The second kappa shape index (κ2) is 4.37. The summed E-state index contributed by atoms with van der Waals surface area (Å²) in [5.41, 5.74) is 4.85. The average molecular weight is 248 g/mol. The van der Waals surface area contributed by atoms with Crippen LogP contribution in [0.2, 0.25) is 0 Å². The Morgan fingerprint density at radius 3 is 2.06 bits per heavy atom. The molecule has 0 saturated heterocycles. The Morgan fingerprint density at radius 1 is 0.941 bits per heavy atom. The van der Waals surface area contributed by atoms with Crippen molar-refractivity contribution >= 4 is 21.6 Å². The molecule has 0 saturated carbocycles. The van der Waals surface area contributed by atoms with E-state index in [0.717, 1.165) is 5.69 Å². The topological polar surface area (TPSA) is 25.8 Å². The minimum absolute atomic E-state index is 0.450. The lowest BCUT2D eigenvalue weighted by molar-refractivity contribution is 0.810. The van der Waals surface area contributed by atoms with Crippen LogP contribution in [0.4, 0.5) is 0 Å². The van der Waals surface area contributed by atoms with Gasteiger partial charge in [0.05, 0.1) is 16.1 Å². The molecule has 0 fully saturated rings. The molecule has 0 aliphatic carbocycles. The number of rotatable bonds is 2. The normalized spacial score (nSPS) is 12.0. The van der Waals surface area contributed by atoms with Crippen molar-refractivity contribution in [1.29, 1.82) is 0 Å². The third-order valence-corrected chi connectivity index (χ3v) is 4.22. The van der Waals surface area contributed by atoms with Gasteiger partial charge in [0, 0.05) is 11.1 Å². The van der Waals surface area contributed by atoms with Gasteiger partial charge in [0.1, 0.15) is 0 Å². The fraction of sp³-hybridized carbons (Fsp3) is 0.571. The molecule has 0 radical (unpaired) electrons. The first kappa shape index (κ1) is 12.5. The lowest BCUT2D eigenvalue weighted by atomic mass is 9.98. The van der Waals surface area contributed by atoms with E-state index in [0.29, 0.717) is 11.8 Å². The molecule has 0 bridgehead atoms. The molecule has 0 aliphatic heterocycles. The van der Waals surface area contributed by atoms with Crippen molar-refractivity contribution < 1.29 is 0 Å². The van der Waals surface area contributed by atoms with Gasteiger partial charge in [-0.3, -0.25) is 4.98 Å². The van der Waals surface area contributed by atoms with Crippen LogP contribution in [0, 0.1) is 13.8 Å². The largest absolute Gasteiger partial charge is 0.257 e. The summed E-state index contributed by atoms with van der Waals surface area (Å²) in [4.78, 5) is 4.78. The summed E-state index contributed by atoms with van der Waals surface area (Å²) in [6.45, 7) is 13.1. The molecule has 2 rings (SSSR count). The van der Waals surface area contributed by atoms with Crippen LogP contribution < -0.4 is 0 Å². The third kappa shape index (κ3) is 1.97. The maximum absolute atomic E-state index is 4.78. The monoisotopic (exact) mass is 248 g/mol. The standard InChI is InChI=1S/C14H20N2S/c1-7(2)12-11-13(8(3)4)16-17-14(11)9(5)10(6)15-12/h7-8H,1-6H3. The van der Waals surface area contributed by atoms with E-state index in [1.807, 2.05) is 0 Å². The van der Waals surface area contributed by atoms with Crippen molar-refractivity contribution in [2.75, 3.05) is 0 Å². The van der Waals surface area contributed by atoms with Crippen LogP contribution in [0.5, 0.6) is 0 Å². The van der Waals surface area contributed by atoms with Crippen LogP contribution in [-0.2, 0) is 0 Å². The number of nitrogens with zero attached hydrogens (tertiary/aromatic N) is 2. The molecular weight excluding hydrogens is 228 g/mol. The van der Waals surface area contributed by atoms with E-state index < -0.39 is 0 Å². The molecule has 0 spiro atoms. The lowest BCUT2D eigenvalue weighted by Gasteiger charge is -2.12. The van der Waals surface area contributed by atoms with E-state index >= 15 is 0 Å². The van der Waals surface area contributed by atoms with Gasteiger partial charge in [0.25, 0.3) is 0 Å². The number of aryl methyl sites for hydroxylation is 2. The van der Waals surface area contributed by atoms with Crippen LogP contribution in [0.25, 0.3) is 10.1 Å². The molecule has 3 heteroatoms. The van der Waals surface area contributed by atoms with Crippen LogP contribution in [0.3, 0.4) is 0 Å². The summed E-state index contributed by atoms with van der Waals surface area (Å²) in [7, 11) is 0. The molecular formula is C14H20N2S. The van der Waals surface area contributed by atoms with E-state index in [1.165, 1.54) is 27.0 Å². The van der Waals surface area contributed by atoms with Crippen LogP contribution in [0.15, 0.2) is 0 Å². The van der Waals surface area contributed by atoms with Gasteiger partial charge in [0.2, 0.25) is 0 Å². The lowest BCUT2D eigenvalue weighted by Crippen LogP contribution is -2.00. The summed E-state index contributed by atoms with van der Waals surface area (Å²) >= 11 is 1.62. The van der Waals surface area contributed by atoms with Crippen molar-refractivity contribution in [3.05, 3.63) is 22.6 Å². The van der Waals surface area contributed by atoms with Gasteiger partial charge >= 0.3 is 0 Å². The highest BCUT2D eigenvalue weighted by Gasteiger charge is 2.19. The Morgan fingerprint density at radius 2 is 1.53 bits per heavy atom. The zero-order chi connectivity index (χ0) is 12.7. The molecule has 92 valence electrons. The molecule has 17 heavy (non-hydrogen) atoms. The van der Waals surface area contributed by atoms with Gasteiger partial charge in [-0.1, -0.05) is 27.7 Å². The molecule has 0 aromatic carbocycles. The fourth-order valence-corrected chi connectivity index (χ4v) is 3.18. The fourth-order valence-electron chi connectivity index (χ4n) is 2.10. The maximum atomic E-state index is 4.78. The van der Waals surface area contributed by atoms with E-state index in [-0.39, 0.29) is 0 Å². The van der Waals surface area contributed by atoms with Gasteiger partial charge < -0.3 is 0 Å². The van der Waals surface area contributed by atoms with Crippen molar-refractivity contribution in [2.45, 2.75) is 53.4 Å². The Kier molecular flexibility index (Phi) is 3.21. The van der Waals surface area contributed by atoms with Crippen LogP contribution in [0.1, 0.15) is 62.2 Å². The van der Waals surface area contributed by atoms with Crippen molar-refractivity contribution in [3.8, 4) is 0 Å². The summed E-state index contributed by atoms with van der Waals surface area (Å²) in [6, 6.07) is 0. The zero-order valence-corrected chi connectivity index (χ0v) is 12.3. The Labute approximate surface area is 107 Å². The van der Waals surface area contributed by atoms with E-state index in [2.05, 4.69) is 45.9 Å². The maximum Gasteiger partial charge on any atom is 0.0664 e. The van der Waals surface area contributed by atoms with Gasteiger partial charge in [-0.2, -0.15) is 4.37 Å². The first-order chi connectivity index (χ1) is 7.93. The Hall–Kier alpha value is -0.960. The SMILES string of the molecule is Cc1nc(C(C)C)c2c(C(C)C)nsc2c1C. The Balaban J connectivity index is 2.88. The highest BCUT2D eigenvalue weighted by Crippen LogP contribution is 2.35. The summed E-state index contributed by atoms with van der Waals surface area (Å²) in [5, 5.41) is 1.31. The van der Waals surface area contributed by atoms with Gasteiger partial charge in [-0.05, 0) is 42.8 Å². The highest BCUT2D eigenvalue weighted by atomic mass is 32.1. The number of fused-ring (bicyclic) bond motifs is 1. The van der Waals surface area contributed by atoms with Crippen molar-refractivity contribution in [1.82, 2.24) is 9.36 Å². The van der Waals surface area contributed by atoms with Gasteiger partial charge in [-0.25, -0.2) is 0 Å². The number of aromatic nitrogens is 2. The van der Waals surface area contributed by atoms with Gasteiger partial charge in [-0.15, -0.1) is 0 Å². The average Bonchev–Trinajstić information content (AvgIpc) is 2.67. The number of hydrogen-bond donors (Lipinski definition) is 0. The molecule has 2 nitrogen and oxygen atoms in total. The predicted molar refractivity (Wildman–Crippen MR) is 75.1 cm³/mol. The molecule has 0 atom stereocenters. The molecule has 0 unspecified atom stereocenters. The second-order valence-electron chi connectivity index (χ2n) is 5.29. The summed E-state index contributed by atoms with van der Waals surface area (Å²) in [5.74, 6) is 0.913. The minimum Gasteiger partial charge on any atom is -0.257 e. The summed E-state index contributed by atoms with van der Waals surface area (Å²) < 4.78 is 5.97. The first-order valence-corrected chi connectivity index (χ1v) is 6.97. The quantitative estimate of drug-likeness (QED) is 0.779. The minimum atomic E-state index is 0.450. The molecule has 2 heterocycles. The van der Waals surface area contributed by atoms with E-state index in [4.69, 9.17) is 4.98 Å². The smallest absolute Gasteiger partial charge is 0.0664 e. The second-order valence-corrected chi connectivity index (χ2v) is 6.06. The third-order valence-electron chi connectivity index (χ3n) is 3.24. The molecule has 2 aromatic heterocycles. The van der Waals surface area contributed by atoms with E-state index in [1.54, 1.807) is 11.5 Å². The van der Waals surface area contributed by atoms with Crippen LogP contribution >= 0.6 is 11.5 Å².